The zero-order valence-corrected chi connectivity index (χ0v) is 11.6. The Morgan fingerprint density at radius 1 is 0.762 bits per heavy atom. The molecule has 0 saturated carbocycles. The van der Waals surface area contributed by atoms with E-state index < -0.39 is 15.1 Å². The molecule has 7 heteroatoms. The lowest BCUT2D eigenvalue weighted by Crippen LogP contribution is -2.06. The molecule has 0 fully saturated rings. The highest BCUT2D eigenvalue weighted by Crippen LogP contribution is 3.02. The SMILES string of the molecule is FS(F)(F)(F)(F)c1ccc(OCCc2ccccc2)cc1. The van der Waals surface area contributed by atoms with Crippen molar-refractivity contribution in [2.45, 2.75) is 11.3 Å². The minimum absolute atomic E-state index is 0.122. The third-order valence-corrected chi connectivity index (χ3v) is 3.93. The minimum Gasteiger partial charge on any atom is -0.493 e. The summed E-state index contributed by atoms with van der Waals surface area (Å²) in [7, 11) is -9.60. The van der Waals surface area contributed by atoms with Crippen LogP contribution in [0.2, 0.25) is 0 Å². The topological polar surface area (TPSA) is 9.23 Å². The second-order valence-corrected chi connectivity index (χ2v) is 6.93. The molecule has 0 unspecified atom stereocenters. The average molecular weight is 324 g/mol. The van der Waals surface area contributed by atoms with Crippen LogP contribution >= 0.6 is 10.2 Å². The monoisotopic (exact) mass is 324 g/mol. The van der Waals surface area contributed by atoms with E-state index in [2.05, 4.69) is 0 Å². The Kier molecular flexibility index (Phi) is 3.44. The van der Waals surface area contributed by atoms with Gasteiger partial charge in [0.1, 0.15) is 10.6 Å². The molecule has 21 heavy (non-hydrogen) atoms. The Morgan fingerprint density at radius 2 is 1.33 bits per heavy atom. The fraction of sp³-hybridized carbons (Fsp3) is 0.143. The molecule has 0 aromatic heterocycles. The summed E-state index contributed by atoms with van der Waals surface area (Å²) in [6, 6.07) is 11.9. The van der Waals surface area contributed by atoms with Gasteiger partial charge in [-0.1, -0.05) is 49.8 Å². The van der Waals surface area contributed by atoms with Gasteiger partial charge in [-0.05, 0) is 29.8 Å². The fourth-order valence-corrected chi connectivity index (χ4v) is 2.37. The molecule has 2 rings (SSSR count). The molecule has 0 aliphatic heterocycles. The van der Waals surface area contributed by atoms with E-state index in [1.807, 2.05) is 30.3 Å². The van der Waals surface area contributed by atoms with E-state index in [1.54, 1.807) is 0 Å². The number of hydrogen-bond donors (Lipinski definition) is 0. The third-order valence-electron chi connectivity index (χ3n) is 2.77. The van der Waals surface area contributed by atoms with Crippen LogP contribution in [-0.2, 0) is 6.42 Å². The van der Waals surface area contributed by atoms with Crippen LogP contribution in [0.25, 0.3) is 0 Å². The van der Waals surface area contributed by atoms with Crippen molar-refractivity contribution in [1.82, 2.24) is 0 Å². The van der Waals surface area contributed by atoms with Gasteiger partial charge in [-0.25, -0.2) is 0 Å². The molecule has 0 heterocycles. The largest absolute Gasteiger partial charge is 0.493 e. The van der Waals surface area contributed by atoms with Crippen LogP contribution in [0.5, 0.6) is 5.75 Å². The molecule has 0 amide bonds. The van der Waals surface area contributed by atoms with Crippen molar-refractivity contribution in [3.63, 3.8) is 0 Å². The second-order valence-electron chi connectivity index (χ2n) is 4.52. The van der Waals surface area contributed by atoms with E-state index in [-0.39, 0.29) is 12.4 Å². The maximum absolute atomic E-state index is 12.5. The van der Waals surface area contributed by atoms with Crippen molar-refractivity contribution in [1.29, 1.82) is 0 Å². The zero-order valence-electron chi connectivity index (χ0n) is 10.8. The molecule has 0 spiro atoms. The predicted octanol–water partition coefficient (Wildman–Crippen LogP) is 5.97. The average Bonchev–Trinajstić information content (AvgIpc) is 2.38. The molecule has 0 bridgehead atoms. The van der Waals surface area contributed by atoms with Gasteiger partial charge in [0.05, 0.1) is 6.61 Å². The maximum Gasteiger partial charge on any atom is 0.310 e. The number of halogens is 5. The van der Waals surface area contributed by atoms with E-state index in [4.69, 9.17) is 4.74 Å². The van der Waals surface area contributed by atoms with E-state index in [9.17, 15) is 19.4 Å². The van der Waals surface area contributed by atoms with Gasteiger partial charge in [-0.2, -0.15) is 0 Å². The van der Waals surface area contributed by atoms with Gasteiger partial charge in [0, 0.05) is 6.42 Å². The predicted molar refractivity (Wildman–Crippen MR) is 73.5 cm³/mol. The zero-order chi connectivity index (χ0) is 15.6. The van der Waals surface area contributed by atoms with Crippen molar-refractivity contribution in [2.75, 3.05) is 6.61 Å². The van der Waals surface area contributed by atoms with Gasteiger partial charge in [0.15, 0.2) is 0 Å². The smallest absolute Gasteiger partial charge is 0.310 e. The summed E-state index contributed by atoms with van der Waals surface area (Å²) in [5, 5.41) is 0. The number of benzene rings is 2. The van der Waals surface area contributed by atoms with Gasteiger partial charge in [0.25, 0.3) is 0 Å². The van der Waals surface area contributed by atoms with E-state index in [0.717, 1.165) is 17.7 Å². The van der Waals surface area contributed by atoms with E-state index in [1.165, 1.54) is 0 Å². The van der Waals surface area contributed by atoms with Gasteiger partial charge in [-0.3, -0.25) is 0 Å². The summed E-state index contributed by atoms with van der Waals surface area (Å²) in [5.74, 6) is 0.122. The lowest BCUT2D eigenvalue weighted by Gasteiger charge is -2.40. The summed E-state index contributed by atoms with van der Waals surface area (Å²) >= 11 is 0. The fourth-order valence-electron chi connectivity index (χ4n) is 1.72. The highest BCUT2D eigenvalue weighted by molar-refractivity contribution is 8.45. The molecule has 116 valence electrons. The standard InChI is InChI=1S/C14H13F5OS/c15-21(16,17,18,19)14-8-6-13(7-9-14)20-11-10-12-4-2-1-3-5-12/h1-9H,10-11H2. The molecular weight excluding hydrogens is 311 g/mol. The Bertz CT molecular complexity index is 607. The Hall–Kier alpha value is -1.76. The van der Waals surface area contributed by atoms with Crippen molar-refractivity contribution in [2.24, 2.45) is 0 Å². The highest BCUT2D eigenvalue weighted by atomic mass is 32.5. The first-order valence-electron chi connectivity index (χ1n) is 6.05. The Morgan fingerprint density at radius 3 is 1.86 bits per heavy atom. The summed E-state index contributed by atoms with van der Waals surface area (Å²) in [4.78, 5) is -1.91. The maximum atomic E-state index is 12.5. The van der Waals surface area contributed by atoms with Gasteiger partial charge >= 0.3 is 10.2 Å². The quantitative estimate of drug-likeness (QED) is 0.616. The molecule has 1 nitrogen and oxygen atoms in total. The molecule has 2 aromatic rings. The van der Waals surface area contributed by atoms with Gasteiger partial charge in [0.2, 0.25) is 0 Å². The molecule has 0 aliphatic rings. The van der Waals surface area contributed by atoms with Gasteiger partial charge < -0.3 is 4.74 Å². The first-order chi connectivity index (χ1) is 9.54. The lowest BCUT2D eigenvalue weighted by atomic mass is 10.2. The molecular formula is C14H13F5OS. The molecule has 0 aliphatic carbocycles. The number of ether oxygens (including phenoxy) is 1. The Balaban J connectivity index is 1.98. The third kappa shape index (κ3) is 4.63. The molecule has 0 atom stereocenters. The number of hydrogen-bond acceptors (Lipinski definition) is 1. The summed E-state index contributed by atoms with van der Waals surface area (Å²) in [6.45, 7) is 0.250. The molecule has 0 radical (unpaired) electrons. The van der Waals surface area contributed by atoms with Crippen LogP contribution in [0.15, 0.2) is 59.5 Å². The summed E-state index contributed by atoms with van der Waals surface area (Å²) in [6.07, 6.45) is 0.574. The second kappa shape index (κ2) is 4.62. The van der Waals surface area contributed by atoms with Crippen molar-refractivity contribution in [3.8, 4) is 5.75 Å². The molecule has 2 aromatic carbocycles. The summed E-state index contributed by atoms with van der Waals surface area (Å²) in [5.41, 5.74) is 1.01. The van der Waals surface area contributed by atoms with Crippen LogP contribution in [0, 0.1) is 0 Å². The molecule has 0 saturated heterocycles. The highest BCUT2D eigenvalue weighted by Gasteiger charge is 2.65. The van der Waals surface area contributed by atoms with Crippen LogP contribution in [0.1, 0.15) is 5.56 Å². The first kappa shape index (κ1) is 15.6. The summed E-state index contributed by atoms with van der Waals surface area (Å²) < 4.78 is 67.8. The first-order valence-corrected chi connectivity index (χ1v) is 8.01. The van der Waals surface area contributed by atoms with Crippen molar-refractivity contribution >= 4 is 10.2 Å². The van der Waals surface area contributed by atoms with E-state index >= 15 is 0 Å². The molecule has 0 N–H and O–H groups in total. The minimum atomic E-state index is -9.60. The lowest BCUT2D eigenvalue weighted by molar-refractivity contribution is 0.321. The van der Waals surface area contributed by atoms with Crippen molar-refractivity contribution < 1.29 is 24.2 Å². The normalized spacial score (nSPS) is 15.1. The van der Waals surface area contributed by atoms with Crippen molar-refractivity contribution in [3.05, 3.63) is 60.2 Å². The van der Waals surface area contributed by atoms with E-state index in [0.29, 0.717) is 18.6 Å². The van der Waals surface area contributed by atoms with Crippen LogP contribution in [0.4, 0.5) is 19.4 Å². The van der Waals surface area contributed by atoms with Crippen LogP contribution in [-0.4, -0.2) is 6.61 Å². The van der Waals surface area contributed by atoms with Crippen LogP contribution < -0.4 is 4.74 Å². The Labute approximate surface area is 119 Å². The van der Waals surface area contributed by atoms with Gasteiger partial charge in [-0.15, -0.1) is 0 Å². The number of rotatable bonds is 5. The van der Waals surface area contributed by atoms with Crippen LogP contribution in [0.3, 0.4) is 0 Å².